The second kappa shape index (κ2) is 8.87. The smallest absolute Gasteiger partial charge is 0.245 e. The number of nitrogens with one attached hydrogen (secondary N) is 1. The van der Waals surface area contributed by atoms with Gasteiger partial charge in [0.1, 0.15) is 17.3 Å². The Morgan fingerprint density at radius 1 is 1.19 bits per heavy atom. The number of hydrogen-bond acceptors (Lipinski definition) is 9. The monoisotopic (exact) mass is 526 g/mol. The quantitative estimate of drug-likeness (QED) is 0.475. The molecule has 1 amide bonds. The first-order valence-electron chi connectivity index (χ1n) is 11.8. The molecule has 1 aromatic heterocycles. The van der Waals surface area contributed by atoms with E-state index in [0.717, 1.165) is 10.1 Å². The van der Waals surface area contributed by atoms with Gasteiger partial charge in [0.25, 0.3) is 0 Å². The minimum atomic E-state index is -1.56. The van der Waals surface area contributed by atoms with E-state index < -0.39 is 11.3 Å². The van der Waals surface area contributed by atoms with Crippen molar-refractivity contribution in [3.8, 4) is 6.07 Å². The van der Waals surface area contributed by atoms with Gasteiger partial charge in [-0.05, 0) is 31.4 Å². The number of carbonyl (C=O) groups excluding carboxylic acids is 2. The molecule has 6 rings (SSSR count). The van der Waals surface area contributed by atoms with Gasteiger partial charge < -0.3 is 11.1 Å². The zero-order valence-corrected chi connectivity index (χ0v) is 21.6. The van der Waals surface area contributed by atoms with Gasteiger partial charge in [-0.15, -0.1) is 10.2 Å². The maximum Gasteiger partial charge on any atom is 0.245 e. The first-order valence-corrected chi connectivity index (χ1v) is 13.7. The molecule has 0 bridgehead atoms. The maximum absolute atomic E-state index is 13.6. The van der Waals surface area contributed by atoms with Gasteiger partial charge in [0.15, 0.2) is 10.1 Å². The molecule has 0 saturated heterocycles. The lowest BCUT2D eigenvalue weighted by Gasteiger charge is -2.42. The molecule has 0 fully saturated rings. The highest BCUT2D eigenvalue weighted by Gasteiger charge is 2.60. The van der Waals surface area contributed by atoms with Gasteiger partial charge in [0.05, 0.1) is 5.57 Å². The molecule has 2 aliphatic heterocycles. The van der Waals surface area contributed by atoms with Crippen molar-refractivity contribution in [2.45, 2.75) is 41.7 Å². The van der Waals surface area contributed by atoms with E-state index >= 15 is 0 Å². The highest BCUT2D eigenvalue weighted by molar-refractivity contribution is 8.00. The minimum absolute atomic E-state index is 0.0353. The van der Waals surface area contributed by atoms with Crippen molar-refractivity contribution in [3.05, 3.63) is 87.9 Å². The molecule has 3 aromatic rings. The normalized spacial score (nSPS) is 20.7. The third kappa shape index (κ3) is 3.49. The maximum atomic E-state index is 13.6. The first-order chi connectivity index (χ1) is 17.9. The van der Waals surface area contributed by atoms with Crippen molar-refractivity contribution in [1.29, 1.82) is 5.26 Å². The molecule has 0 saturated carbocycles. The zero-order valence-electron chi connectivity index (χ0n) is 19.9. The van der Waals surface area contributed by atoms with Crippen LogP contribution in [0.25, 0.3) is 0 Å². The van der Waals surface area contributed by atoms with Gasteiger partial charge >= 0.3 is 0 Å². The number of ketones is 1. The predicted octanol–water partition coefficient (Wildman–Crippen LogP) is 4.55. The number of nitrogens with zero attached hydrogens (tertiary/aromatic N) is 4. The highest BCUT2D eigenvalue weighted by atomic mass is 32.2. The Hall–Kier alpha value is -3.94. The molecule has 8 nitrogen and oxygen atoms in total. The van der Waals surface area contributed by atoms with Crippen LogP contribution in [-0.2, 0) is 20.8 Å². The van der Waals surface area contributed by atoms with E-state index in [1.807, 2.05) is 12.1 Å². The summed E-state index contributed by atoms with van der Waals surface area (Å²) in [5, 5.41) is 22.4. The van der Waals surface area contributed by atoms with Gasteiger partial charge in [-0.2, -0.15) is 5.26 Å². The molecule has 37 heavy (non-hydrogen) atoms. The van der Waals surface area contributed by atoms with E-state index in [2.05, 4.69) is 46.7 Å². The number of Topliss-reactive ketones (excluding diaryl/α,β-unsaturated/α-hetero) is 1. The summed E-state index contributed by atoms with van der Waals surface area (Å²) in [6.07, 6.45) is 1.45. The van der Waals surface area contributed by atoms with Crippen molar-refractivity contribution in [1.82, 2.24) is 10.2 Å². The van der Waals surface area contributed by atoms with Gasteiger partial charge in [-0.1, -0.05) is 71.1 Å². The number of benzene rings is 2. The SMILES string of the molecule is Cc1cccc(CSc2nnc(N3C(N)=C(C#N)C4(C(=O)Nc5ccccc54)C4=C3CCCC4=O)s2)c1. The van der Waals surface area contributed by atoms with Crippen molar-refractivity contribution < 1.29 is 9.59 Å². The summed E-state index contributed by atoms with van der Waals surface area (Å²) in [7, 11) is 0. The third-order valence-corrected chi connectivity index (χ3v) is 9.08. The molecule has 3 heterocycles. The number of thioether (sulfide) groups is 1. The molecule has 0 radical (unpaired) electrons. The molecule has 1 unspecified atom stereocenters. The zero-order chi connectivity index (χ0) is 25.7. The molecule has 1 aliphatic carbocycles. The van der Waals surface area contributed by atoms with Crippen molar-refractivity contribution in [2.75, 3.05) is 10.2 Å². The van der Waals surface area contributed by atoms with Crippen LogP contribution < -0.4 is 16.0 Å². The Morgan fingerprint density at radius 2 is 2.03 bits per heavy atom. The Balaban J connectivity index is 1.46. The third-order valence-electron chi connectivity index (χ3n) is 6.97. The lowest BCUT2D eigenvalue weighted by molar-refractivity contribution is -0.122. The standard InChI is InChI=1S/C27H22N6O2S2/c1-15-6-4-7-16(12-15)14-36-26-32-31-25(37-26)33-20-10-5-11-21(34)22(20)27(18(13-28)23(33)29)17-8-2-3-9-19(17)30-24(27)35/h2-4,6-9,12H,5,10-11,14,29H2,1H3,(H,30,35). The first kappa shape index (κ1) is 23.5. The Labute approximate surface area is 221 Å². The number of allylic oxidation sites excluding steroid dienone is 1. The number of hydrogen-bond donors (Lipinski definition) is 2. The number of amides is 1. The average Bonchev–Trinajstić information content (AvgIpc) is 3.46. The lowest BCUT2D eigenvalue weighted by atomic mass is 9.64. The Kier molecular flexibility index (Phi) is 5.62. The number of aryl methyl sites for hydroxylation is 1. The van der Waals surface area contributed by atoms with Gasteiger partial charge in [-0.3, -0.25) is 14.5 Å². The summed E-state index contributed by atoms with van der Waals surface area (Å²) in [5.74, 6) is 0.255. The van der Waals surface area contributed by atoms with Crippen LogP contribution in [0, 0.1) is 18.3 Å². The number of fused-ring (bicyclic) bond motifs is 3. The average molecular weight is 527 g/mol. The lowest BCUT2D eigenvalue weighted by Crippen LogP contribution is -2.50. The summed E-state index contributed by atoms with van der Waals surface area (Å²) in [6, 6.07) is 17.6. The highest BCUT2D eigenvalue weighted by Crippen LogP contribution is 2.55. The number of anilines is 2. The molecular weight excluding hydrogens is 504 g/mol. The predicted molar refractivity (Wildman–Crippen MR) is 143 cm³/mol. The number of carbonyl (C=O) groups is 2. The second-order valence-corrected chi connectivity index (χ2v) is 11.4. The summed E-state index contributed by atoms with van der Waals surface area (Å²) in [5.41, 5.74) is 9.61. The van der Waals surface area contributed by atoms with Gasteiger partial charge in [0.2, 0.25) is 11.0 Å². The molecule has 1 spiro atoms. The fourth-order valence-electron chi connectivity index (χ4n) is 5.46. The molecular formula is C27H22N6O2S2. The molecule has 3 aliphatic rings. The van der Waals surface area contributed by atoms with Crippen LogP contribution in [0.1, 0.15) is 36.0 Å². The Bertz CT molecular complexity index is 1580. The Morgan fingerprint density at radius 3 is 2.84 bits per heavy atom. The van der Waals surface area contributed by atoms with E-state index in [-0.39, 0.29) is 17.2 Å². The van der Waals surface area contributed by atoms with E-state index in [1.165, 1.54) is 22.5 Å². The van der Waals surface area contributed by atoms with Crippen LogP contribution >= 0.6 is 23.1 Å². The topological polar surface area (TPSA) is 125 Å². The van der Waals surface area contributed by atoms with E-state index in [9.17, 15) is 14.9 Å². The van der Waals surface area contributed by atoms with Crippen molar-refractivity contribution >= 4 is 45.6 Å². The fraction of sp³-hybridized carbons (Fsp3) is 0.222. The van der Waals surface area contributed by atoms with Crippen LogP contribution in [0.3, 0.4) is 0 Å². The molecule has 3 N–H and O–H groups in total. The van der Waals surface area contributed by atoms with Crippen LogP contribution in [0.4, 0.5) is 10.8 Å². The number of para-hydroxylation sites is 1. The molecule has 184 valence electrons. The molecule has 1 atom stereocenters. The van der Waals surface area contributed by atoms with E-state index in [4.69, 9.17) is 5.73 Å². The minimum Gasteiger partial charge on any atom is -0.384 e. The van der Waals surface area contributed by atoms with E-state index in [1.54, 1.807) is 34.9 Å². The van der Waals surface area contributed by atoms with Crippen LogP contribution in [0.5, 0.6) is 0 Å². The molecule has 10 heteroatoms. The van der Waals surface area contributed by atoms with Crippen LogP contribution in [-0.4, -0.2) is 21.9 Å². The molecule has 2 aromatic carbocycles. The van der Waals surface area contributed by atoms with Gasteiger partial charge in [-0.25, -0.2) is 0 Å². The second-order valence-electron chi connectivity index (χ2n) is 9.18. The van der Waals surface area contributed by atoms with Crippen molar-refractivity contribution in [2.24, 2.45) is 5.73 Å². The fourth-order valence-corrected chi connectivity index (χ4v) is 7.29. The summed E-state index contributed by atoms with van der Waals surface area (Å²) in [6.45, 7) is 2.06. The number of nitrogens with two attached hydrogens (primary N) is 1. The van der Waals surface area contributed by atoms with Crippen LogP contribution in [0.15, 0.2) is 75.5 Å². The van der Waals surface area contributed by atoms with Crippen molar-refractivity contribution in [3.63, 3.8) is 0 Å². The number of aromatic nitrogens is 2. The van der Waals surface area contributed by atoms with E-state index in [0.29, 0.717) is 46.9 Å². The van der Waals surface area contributed by atoms with Crippen LogP contribution in [0.2, 0.25) is 0 Å². The number of rotatable bonds is 4. The number of nitriles is 1. The summed E-state index contributed by atoms with van der Waals surface area (Å²) < 4.78 is 0.747. The largest absolute Gasteiger partial charge is 0.384 e. The summed E-state index contributed by atoms with van der Waals surface area (Å²) >= 11 is 2.91. The van der Waals surface area contributed by atoms with Gasteiger partial charge in [0, 0.05) is 34.7 Å². The summed E-state index contributed by atoms with van der Waals surface area (Å²) in [4.78, 5) is 28.8.